The highest BCUT2D eigenvalue weighted by Gasteiger charge is 2.29. The molecule has 43 heavy (non-hydrogen) atoms. The lowest BCUT2D eigenvalue weighted by Crippen LogP contribution is -2.52. The average Bonchev–Trinajstić information content (AvgIpc) is 3.02. The van der Waals surface area contributed by atoms with E-state index >= 15 is 0 Å². The molecule has 1 unspecified atom stereocenters. The van der Waals surface area contributed by atoms with E-state index in [1.807, 2.05) is 18.2 Å². The fraction of sp³-hybridized carbons (Fsp3) is 0.394. The Hall–Kier alpha value is -2.81. The van der Waals surface area contributed by atoms with Crippen molar-refractivity contribution in [3.05, 3.63) is 92.4 Å². The molecule has 1 atom stereocenters. The Morgan fingerprint density at radius 3 is 2.33 bits per heavy atom. The standard InChI is InChI=1S/C33H38Cl3N5O2/c1-22(23-9-12-37-13-10-23)40-15-17-41(18-16-40)31-8-6-26(20-30(31)39-33(43)25-3-2-4-27(34)19-25)32(42)38-14-11-24-5-7-28(35)21-29(24)36/h2-8,19-23,37H,9-18H2,1H3,(H,38,42)(H,39,43). The number of halogens is 3. The van der Waals surface area contributed by atoms with Crippen molar-refractivity contribution in [2.24, 2.45) is 5.92 Å². The summed E-state index contributed by atoms with van der Waals surface area (Å²) >= 11 is 18.4. The average molecular weight is 643 g/mol. The Morgan fingerprint density at radius 2 is 1.60 bits per heavy atom. The second kappa shape index (κ2) is 14.8. The van der Waals surface area contributed by atoms with Crippen LogP contribution in [0.25, 0.3) is 0 Å². The van der Waals surface area contributed by atoms with Crippen LogP contribution in [0.1, 0.15) is 46.0 Å². The Kier molecular flexibility index (Phi) is 10.9. The molecule has 3 aromatic rings. The molecular formula is C33H38Cl3N5O2. The van der Waals surface area contributed by atoms with E-state index in [1.54, 1.807) is 42.5 Å². The fourth-order valence-electron chi connectivity index (χ4n) is 6.01. The number of nitrogens with zero attached hydrogens (tertiary/aromatic N) is 2. The molecule has 2 saturated heterocycles. The van der Waals surface area contributed by atoms with Crippen LogP contribution in [-0.4, -0.2) is 68.6 Å². The summed E-state index contributed by atoms with van der Waals surface area (Å²) in [6.45, 7) is 8.52. The smallest absolute Gasteiger partial charge is 0.255 e. The Bertz CT molecular complexity index is 1440. The lowest BCUT2D eigenvalue weighted by Gasteiger charge is -2.43. The predicted molar refractivity (Wildman–Crippen MR) is 177 cm³/mol. The van der Waals surface area contributed by atoms with Gasteiger partial charge in [-0.3, -0.25) is 14.5 Å². The zero-order chi connectivity index (χ0) is 30.3. The van der Waals surface area contributed by atoms with Gasteiger partial charge in [-0.2, -0.15) is 0 Å². The molecule has 5 rings (SSSR count). The van der Waals surface area contributed by atoms with Crippen LogP contribution in [0.3, 0.4) is 0 Å². The molecule has 3 N–H and O–H groups in total. The van der Waals surface area contributed by atoms with Crippen molar-refractivity contribution in [2.45, 2.75) is 32.2 Å². The summed E-state index contributed by atoms with van der Waals surface area (Å²) in [5.41, 5.74) is 3.32. The molecule has 0 bridgehead atoms. The number of rotatable bonds is 9. The van der Waals surface area contributed by atoms with Gasteiger partial charge < -0.3 is 20.9 Å². The normalized spacial score (nSPS) is 17.0. The highest BCUT2D eigenvalue weighted by Crippen LogP contribution is 2.31. The Balaban J connectivity index is 1.29. The van der Waals surface area contributed by atoms with Crippen molar-refractivity contribution in [1.29, 1.82) is 0 Å². The van der Waals surface area contributed by atoms with Gasteiger partial charge in [-0.15, -0.1) is 0 Å². The number of carbonyl (C=O) groups is 2. The van der Waals surface area contributed by atoms with Crippen LogP contribution < -0.4 is 20.9 Å². The van der Waals surface area contributed by atoms with Crippen LogP contribution in [0.5, 0.6) is 0 Å². The lowest BCUT2D eigenvalue weighted by atomic mass is 9.90. The lowest BCUT2D eigenvalue weighted by molar-refractivity contribution is 0.0952. The number of amides is 2. The molecule has 0 saturated carbocycles. The fourth-order valence-corrected chi connectivity index (χ4v) is 6.70. The molecule has 2 fully saturated rings. The van der Waals surface area contributed by atoms with Crippen LogP contribution in [0.15, 0.2) is 60.7 Å². The van der Waals surface area contributed by atoms with Gasteiger partial charge in [0.1, 0.15) is 0 Å². The first-order valence-electron chi connectivity index (χ1n) is 14.9. The number of carbonyl (C=O) groups excluding carboxylic acids is 2. The summed E-state index contributed by atoms with van der Waals surface area (Å²) in [4.78, 5) is 31.3. The molecule has 228 valence electrons. The minimum absolute atomic E-state index is 0.226. The van der Waals surface area contributed by atoms with Crippen molar-refractivity contribution in [3.8, 4) is 0 Å². The zero-order valence-electron chi connectivity index (χ0n) is 24.3. The zero-order valence-corrected chi connectivity index (χ0v) is 26.6. The molecule has 7 nitrogen and oxygen atoms in total. The SMILES string of the molecule is CC(C1CCNCC1)N1CCN(c2ccc(C(=O)NCCc3ccc(Cl)cc3Cl)cc2NC(=O)c2cccc(Cl)c2)CC1. The number of anilines is 2. The largest absolute Gasteiger partial charge is 0.367 e. The van der Waals surface area contributed by atoms with Gasteiger partial charge in [0, 0.05) is 65.0 Å². The summed E-state index contributed by atoms with van der Waals surface area (Å²) in [7, 11) is 0. The van der Waals surface area contributed by atoms with E-state index in [-0.39, 0.29) is 11.8 Å². The van der Waals surface area contributed by atoms with Gasteiger partial charge in [0.2, 0.25) is 0 Å². The topological polar surface area (TPSA) is 76.7 Å². The maximum Gasteiger partial charge on any atom is 0.255 e. The highest BCUT2D eigenvalue weighted by molar-refractivity contribution is 6.35. The van der Waals surface area contributed by atoms with Crippen molar-refractivity contribution in [1.82, 2.24) is 15.5 Å². The van der Waals surface area contributed by atoms with E-state index in [0.29, 0.717) is 56.8 Å². The van der Waals surface area contributed by atoms with Crippen molar-refractivity contribution >= 4 is 58.0 Å². The molecule has 2 heterocycles. The second-order valence-corrected chi connectivity index (χ2v) is 12.6. The third-order valence-corrected chi connectivity index (χ3v) is 9.41. The maximum absolute atomic E-state index is 13.3. The monoisotopic (exact) mass is 641 g/mol. The van der Waals surface area contributed by atoms with Gasteiger partial charge >= 0.3 is 0 Å². The van der Waals surface area contributed by atoms with E-state index in [9.17, 15) is 9.59 Å². The molecular weight excluding hydrogens is 605 g/mol. The van der Waals surface area contributed by atoms with Crippen molar-refractivity contribution < 1.29 is 9.59 Å². The van der Waals surface area contributed by atoms with Gasteiger partial charge in [0.15, 0.2) is 0 Å². The maximum atomic E-state index is 13.3. The summed E-state index contributed by atoms with van der Waals surface area (Å²) in [6.07, 6.45) is 3.01. The molecule has 0 aromatic heterocycles. The van der Waals surface area contributed by atoms with E-state index in [1.165, 1.54) is 12.8 Å². The highest BCUT2D eigenvalue weighted by atomic mass is 35.5. The first kappa shape index (κ1) is 31.6. The minimum atomic E-state index is -0.281. The van der Waals surface area contributed by atoms with Crippen LogP contribution in [0, 0.1) is 5.92 Å². The third-order valence-electron chi connectivity index (χ3n) is 8.59. The van der Waals surface area contributed by atoms with Gasteiger partial charge in [-0.05, 0) is 99.3 Å². The summed E-state index contributed by atoms with van der Waals surface area (Å²) in [5, 5.41) is 11.1. The van der Waals surface area contributed by atoms with Crippen LogP contribution in [0.2, 0.25) is 15.1 Å². The molecule has 0 spiro atoms. The van der Waals surface area contributed by atoms with E-state index < -0.39 is 0 Å². The molecule has 2 amide bonds. The van der Waals surface area contributed by atoms with E-state index in [0.717, 1.165) is 50.5 Å². The quantitative estimate of drug-likeness (QED) is 0.253. The number of piperazine rings is 1. The molecule has 2 aliphatic heterocycles. The second-order valence-electron chi connectivity index (χ2n) is 11.3. The van der Waals surface area contributed by atoms with Crippen molar-refractivity contribution in [3.63, 3.8) is 0 Å². The number of benzene rings is 3. The Labute approximate surface area is 268 Å². The summed E-state index contributed by atoms with van der Waals surface area (Å²) < 4.78 is 0. The van der Waals surface area contributed by atoms with Crippen LogP contribution in [-0.2, 0) is 6.42 Å². The van der Waals surface area contributed by atoms with Crippen LogP contribution in [0.4, 0.5) is 11.4 Å². The van der Waals surface area contributed by atoms with E-state index in [2.05, 4.69) is 32.7 Å². The van der Waals surface area contributed by atoms with Gasteiger partial charge in [-0.1, -0.05) is 46.9 Å². The first-order valence-corrected chi connectivity index (χ1v) is 16.0. The minimum Gasteiger partial charge on any atom is -0.367 e. The molecule has 2 aliphatic rings. The molecule has 10 heteroatoms. The van der Waals surface area contributed by atoms with Gasteiger partial charge in [-0.25, -0.2) is 0 Å². The molecule has 3 aromatic carbocycles. The van der Waals surface area contributed by atoms with Gasteiger partial charge in [0.25, 0.3) is 11.8 Å². The summed E-state index contributed by atoms with van der Waals surface area (Å²) in [6, 6.07) is 18.2. The molecule has 0 aliphatic carbocycles. The first-order chi connectivity index (χ1) is 20.8. The summed E-state index contributed by atoms with van der Waals surface area (Å²) in [5.74, 6) is 0.209. The van der Waals surface area contributed by atoms with Gasteiger partial charge in [0.05, 0.1) is 11.4 Å². The Morgan fingerprint density at radius 1 is 0.884 bits per heavy atom. The van der Waals surface area contributed by atoms with E-state index in [4.69, 9.17) is 34.8 Å². The van der Waals surface area contributed by atoms with Crippen LogP contribution >= 0.6 is 34.8 Å². The number of piperidine rings is 1. The predicted octanol–water partition coefficient (Wildman–Crippen LogP) is 6.38. The molecule has 0 radical (unpaired) electrons. The van der Waals surface area contributed by atoms with Crippen molar-refractivity contribution in [2.75, 3.05) is 56.0 Å². The third kappa shape index (κ3) is 8.22. The number of nitrogens with one attached hydrogen (secondary N) is 3. The number of hydrogen-bond acceptors (Lipinski definition) is 5. The number of hydrogen-bond donors (Lipinski definition) is 3.